The Balaban J connectivity index is 2.64. The first-order valence-corrected chi connectivity index (χ1v) is 7.42. The first kappa shape index (κ1) is 19.1. The van der Waals surface area contributed by atoms with E-state index in [9.17, 15) is 13.2 Å². The number of halogens is 3. The Morgan fingerprint density at radius 2 is 1.65 bits per heavy atom. The number of hydrogen-bond acceptors (Lipinski definition) is 2. The summed E-state index contributed by atoms with van der Waals surface area (Å²) in [5, 5.41) is 0. The van der Waals surface area contributed by atoms with Gasteiger partial charge in [-0.1, -0.05) is 12.1 Å². The summed E-state index contributed by atoms with van der Waals surface area (Å²) in [6, 6.07) is 8.70. The largest absolute Gasteiger partial charge is 0.497 e. The highest BCUT2D eigenvalue weighted by Crippen LogP contribution is 2.41. The Hall–Kier alpha value is -3.23. The van der Waals surface area contributed by atoms with E-state index in [4.69, 9.17) is 21.9 Å². The van der Waals surface area contributed by atoms with E-state index < -0.39 is 11.7 Å². The number of benzene rings is 2. The number of alkyl halides is 3. The van der Waals surface area contributed by atoms with Gasteiger partial charge in [0, 0.05) is 0 Å². The molecule has 0 saturated heterocycles. The number of nitrogens with zero attached hydrogens (tertiary/aromatic N) is 2. The third-order valence-corrected chi connectivity index (χ3v) is 3.49. The maximum absolute atomic E-state index is 13.6. The number of guanidine groups is 2. The number of methoxy groups -OCH3 is 1. The molecule has 0 radical (unpaired) electrons. The molecule has 0 aliphatic carbocycles. The van der Waals surface area contributed by atoms with Gasteiger partial charge in [-0.15, -0.1) is 0 Å². The lowest BCUT2D eigenvalue weighted by Gasteiger charge is -2.17. The van der Waals surface area contributed by atoms with Gasteiger partial charge in [0.1, 0.15) is 5.75 Å². The van der Waals surface area contributed by atoms with Crippen molar-refractivity contribution in [2.24, 2.45) is 27.2 Å². The molecule has 0 aliphatic heterocycles. The highest BCUT2D eigenvalue weighted by atomic mass is 19.4. The van der Waals surface area contributed by atoms with Crippen LogP contribution < -0.4 is 21.9 Å². The lowest BCUT2D eigenvalue weighted by molar-refractivity contribution is -0.137. The van der Waals surface area contributed by atoms with E-state index in [0.717, 1.165) is 6.07 Å². The quantitative estimate of drug-likeness (QED) is 0.573. The fourth-order valence-corrected chi connectivity index (χ4v) is 2.49. The molecule has 0 aliphatic rings. The summed E-state index contributed by atoms with van der Waals surface area (Å²) in [6.45, 7) is 1.56. The number of rotatable bonds is 3. The Morgan fingerprint density at radius 3 is 2.15 bits per heavy atom. The summed E-state index contributed by atoms with van der Waals surface area (Å²) >= 11 is 0. The van der Waals surface area contributed by atoms with Crippen LogP contribution in [-0.4, -0.2) is 19.0 Å². The number of aliphatic imine (C=N–C) groups is 2. The van der Waals surface area contributed by atoms with Crippen molar-refractivity contribution in [1.82, 2.24) is 0 Å². The molecular formula is C17H18F3N5O. The summed E-state index contributed by atoms with van der Waals surface area (Å²) in [6.07, 6.45) is -4.59. The molecule has 0 heterocycles. The fourth-order valence-electron chi connectivity index (χ4n) is 2.49. The summed E-state index contributed by atoms with van der Waals surface area (Å²) in [7, 11) is 1.48. The van der Waals surface area contributed by atoms with Gasteiger partial charge >= 0.3 is 6.18 Å². The lowest BCUT2D eigenvalue weighted by Crippen LogP contribution is -2.26. The van der Waals surface area contributed by atoms with E-state index in [0.29, 0.717) is 16.9 Å². The van der Waals surface area contributed by atoms with Crippen molar-refractivity contribution in [3.05, 3.63) is 47.5 Å². The van der Waals surface area contributed by atoms with Crippen LogP contribution >= 0.6 is 0 Å². The second kappa shape index (κ2) is 7.34. The van der Waals surface area contributed by atoms with Gasteiger partial charge in [0.25, 0.3) is 0 Å². The van der Waals surface area contributed by atoms with Crippen molar-refractivity contribution in [3.8, 4) is 16.9 Å². The van der Waals surface area contributed by atoms with Crippen LogP contribution in [0.5, 0.6) is 5.75 Å². The van der Waals surface area contributed by atoms with Gasteiger partial charge in [-0.3, -0.25) is 0 Å². The molecule has 2 rings (SSSR count). The normalized spacial score (nSPS) is 12.0. The molecule has 0 atom stereocenters. The molecular weight excluding hydrogens is 347 g/mol. The van der Waals surface area contributed by atoms with E-state index in [2.05, 4.69) is 9.98 Å². The molecule has 138 valence electrons. The standard InChI is InChI=1S/C17H18F3N5O/c1-9-7-11(24-16(23)25-15(21)22)8-13(17(18,19)20)14(9)10-3-5-12(26-2)6-4-10/h3-8H,1-2H3,(H6,21,22,23,24,25). The number of ether oxygens (including phenoxy) is 1. The monoisotopic (exact) mass is 365 g/mol. The first-order valence-electron chi connectivity index (χ1n) is 7.42. The van der Waals surface area contributed by atoms with Crippen molar-refractivity contribution < 1.29 is 17.9 Å². The molecule has 0 amide bonds. The maximum atomic E-state index is 13.6. The van der Waals surface area contributed by atoms with Gasteiger partial charge in [-0.2, -0.15) is 18.2 Å². The zero-order chi connectivity index (χ0) is 19.5. The molecule has 9 heteroatoms. The Bertz CT molecular complexity index is 854. The maximum Gasteiger partial charge on any atom is 0.417 e. The van der Waals surface area contributed by atoms with Crippen LogP contribution in [0, 0.1) is 6.92 Å². The highest BCUT2D eigenvalue weighted by Gasteiger charge is 2.35. The minimum atomic E-state index is -4.59. The molecule has 0 aromatic heterocycles. The molecule has 0 unspecified atom stereocenters. The van der Waals surface area contributed by atoms with Gasteiger partial charge in [0.15, 0.2) is 5.96 Å². The number of hydrogen-bond donors (Lipinski definition) is 3. The van der Waals surface area contributed by atoms with Gasteiger partial charge in [-0.05, 0) is 47.9 Å². The van der Waals surface area contributed by atoms with Crippen LogP contribution in [0.15, 0.2) is 46.4 Å². The topological polar surface area (TPSA) is 112 Å². The van der Waals surface area contributed by atoms with E-state index in [1.54, 1.807) is 31.2 Å². The van der Waals surface area contributed by atoms with Crippen LogP contribution in [0.3, 0.4) is 0 Å². The van der Waals surface area contributed by atoms with Crippen molar-refractivity contribution in [3.63, 3.8) is 0 Å². The van der Waals surface area contributed by atoms with Crippen LogP contribution in [0.1, 0.15) is 11.1 Å². The Labute approximate surface area is 148 Å². The molecule has 26 heavy (non-hydrogen) atoms. The van der Waals surface area contributed by atoms with E-state index >= 15 is 0 Å². The molecule has 0 spiro atoms. The first-order chi connectivity index (χ1) is 12.1. The van der Waals surface area contributed by atoms with Crippen LogP contribution in [0.2, 0.25) is 0 Å². The lowest BCUT2D eigenvalue weighted by atomic mass is 9.94. The molecule has 2 aromatic carbocycles. The molecule has 0 saturated carbocycles. The third kappa shape index (κ3) is 4.44. The summed E-state index contributed by atoms with van der Waals surface area (Å²) in [4.78, 5) is 7.32. The second-order valence-electron chi connectivity index (χ2n) is 5.42. The SMILES string of the molecule is COc1ccc(-c2c(C)cc(N=C(N)N=C(N)N)cc2C(F)(F)F)cc1. The van der Waals surface area contributed by atoms with Gasteiger partial charge < -0.3 is 21.9 Å². The van der Waals surface area contributed by atoms with Gasteiger partial charge in [-0.25, -0.2) is 4.99 Å². The van der Waals surface area contributed by atoms with Crippen molar-refractivity contribution in [1.29, 1.82) is 0 Å². The zero-order valence-corrected chi connectivity index (χ0v) is 14.1. The second-order valence-corrected chi connectivity index (χ2v) is 5.42. The predicted octanol–water partition coefficient (Wildman–Crippen LogP) is 2.91. The van der Waals surface area contributed by atoms with E-state index in [1.807, 2.05) is 0 Å². The third-order valence-electron chi connectivity index (χ3n) is 3.49. The summed E-state index contributed by atoms with van der Waals surface area (Å²) < 4.78 is 45.9. The molecule has 6 N–H and O–H groups in total. The minimum Gasteiger partial charge on any atom is -0.497 e. The van der Waals surface area contributed by atoms with E-state index in [1.165, 1.54) is 13.2 Å². The van der Waals surface area contributed by atoms with Gasteiger partial charge in [0.2, 0.25) is 5.96 Å². The average molecular weight is 365 g/mol. The number of nitrogens with two attached hydrogens (primary N) is 3. The van der Waals surface area contributed by atoms with Crippen LogP contribution in [-0.2, 0) is 6.18 Å². The predicted molar refractivity (Wildman–Crippen MR) is 95.3 cm³/mol. The Morgan fingerprint density at radius 1 is 1.04 bits per heavy atom. The van der Waals surface area contributed by atoms with Crippen LogP contribution in [0.4, 0.5) is 18.9 Å². The summed E-state index contributed by atoms with van der Waals surface area (Å²) in [5.74, 6) is -0.130. The zero-order valence-electron chi connectivity index (χ0n) is 14.1. The molecule has 6 nitrogen and oxygen atoms in total. The fraction of sp³-hybridized carbons (Fsp3) is 0.176. The smallest absolute Gasteiger partial charge is 0.417 e. The average Bonchev–Trinajstić information content (AvgIpc) is 2.53. The highest BCUT2D eigenvalue weighted by molar-refractivity contribution is 5.93. The van der Waals surface area contributed by atoms with Gasteiger partial charge in [0.05, 0.1) is 18.4 Å². The number of aryl methyl sites for hydroxylation is 1. The summed E-state index contributed by atoms with van der Waals surface area (Å²) in [5.41, 5.74) is 15.9. The van der Waals surface area contributed by atoms with Crippen LogP contribution in [0.25, 0.3) is 11.1 Å². The molecule has 2 aromatic rings. The molecule has 0 bridgehead atoms. The van der Waals surface area contributed by atoms with Crippen molar-refractivity contribution in [2.45, 2.75) is 13.1 Å². The van der Waals surface area contributed by atoms with Crippen molar-refractivity contribution in [2.75, 3.05) is 7.11 Å². The minimum absolute atomic E-state index is 0.00501. The Kier molecular flexibility index (Phi) is 5.39. The van der Waals surface area contributed by atoms with Crippen molar-refractivity contribution >= 4 is 17.6 Å². The van der Waals surface area contributed by atoms with E-state index in [-0.39, 0.29) is 23.2 Å². The molecule has 0 fully saturated rings.